The number of non-ortho nitro benzene ring substituents is 1. The molecule has 0 atom stereocenters. The van der Waals surface area contributed by atoms with Crippen molar-refractivity contribution in [3.8, 4) is 6.07 Å². The molecule has 102 valence electrons. The van der Waals surface area contributed by atoms with Gasteiger partial charge in [0.25, 0.3) is 5.69 Å². The van der Waals surface area contributed by atoms with E-state index in [-0.39, 0.29) is 11.3 Å². The molecule has 6 nitrogen and oxygen atoms in total. The first-order valence-corrected chi connectivity index (χ1v) is 5.96. The van der Waals surface area contributed by atoms with Crippen LogP contribution < -0.4 is 4.90 Å². The molecule has 0 saturated heterocycles. The summed E-state index contributed by atoms with van der Waals surface area (Å²) in [5.41, 5.74) is 0.810. The number of nitro benzene ring substituents is 1. The lowest BCUT2D eigenvalue weighted by atomic mass is 10.1. The molecule has 0 spiro atoms. The third-order valence-corrected chi connectivity index (χ3v) is 2.91. The molecular weight excluding hydrogens is 258 g/mol. The van der Waals surface area contributed by atoms with Crippen molar-refractivity contribution in [1.82, 2.24) is 0 Å². The summed E-state index contributed by atoms with van der Waals surface area (Å²) in [6, 6.07) is 9.96. The van der Waals surface area contributed by atoms with Gasteiger partial charge in [0.2, 0.25) is 0 Å². The number of nitrogens with zero attached hydrogens (tertiary/aromatic N) is 3. The Morgan fingerprint density at radius 3 is 2.70 bits per heavy atom. The van der Waals surface area contributed by atoms with Crippen molar-refractivity contribution in [3.05, 3.63) is 57.5 Å². The van der Waals surface area contributed by atoms with Crippen molar-refractivity contribution >= 4 is 11.4 Å². The number of hydrogen-bond donors (Lipinski definition) is 0. The van der Waals surface area contributed by atoms with Crippen LogP contribution in [0.3, 0.4) is 0 Å². The van der Waals surface area contributed by atoms with Crippen molar-refractivity contribution in [2.45, 2.75) is 13.5 Å². The average molecular weight is 271 g/mol. The lowest BCUT2D eigenvalue weighted by Crippen LogP contribution is -2.17. The monoisotopic (exact) mass is 271 g/mol. The van der Waals surface area contributed by atoms with Gasteiger partial charge in [0.05, 0.1) is 22.7 Å². The van der Waals surface area contributed by atoms with Crippen LogP contribution in [-0.4, -0.2) is 12.0 Å². The third-order valence-electron chi connectivity index (χ3n) is 2.91. The Morgan fingerprint density at radius 1 is 1.40 bits per heavy atom. The summed E-state index contributed by atoms with van der Waals surface area (Å²) in [5.74, 6) is 1.59. The molecule has 20 heavy (non-hydrogen) atoms. The summed E-state index contributed by atoms with van der Waals surface area (Å²) in [6.07, 6.45) is 0. The number of rotatable bonds is 4. The van der Waals surface area contributed by atoms with E-state index in [1.54, 1.807) is 13.1 Å². The molecule has 0 saturated carbocycles. The maximum Gasteiger partial charge on any atom is 0.270 e. The van der Waals surface area contributed by atoms with Crippen LogP contribution in [0.4, 0.5) is 11.4 Å². The first kappa shape index (κ1) is 13.6. The second-order valence-electron chi connectivity index (χ2n) is 4.44. The van der Waals surface area contributed by atoms with Gasteiger partial charge >= 0.3 is 0 Å². The van der Waals surface area contributed by atoms with Crippen LogP contribution >= 0.6 is 0 Å². The molecule has 6 heteroatoms. The average Bonchev–Trinajstić information content (AvgIpc) is 2.83. The number of aryl methyl sites for hydroxylation is 1. The van der Waals surface area contributed by atoms with E-state index in [0.717, 1.165) is 11.5 Å². The zero-order valence-corrected chi connectivity index (χ0v) is 11.2. The van der Waals surface area contributed by atoms with E-state index in [1.165, 1.54) is 12.1 Å². The van der Waals surface area contributed by atoms with E-state index in [2.05, 4.69) is 0 Å². The fourth-order valence-corrected chi connectivity index (χ4v) is 1.95. The minimum atomic E-state index is -0.513. The van der Waals surface area contributed by atoms with Crippen LogP contribution in [0.2, 0.25) is 0 Å². The number of anilines is 1. The van der Waals surface area contributed by atoms with Gasteiger partial charge in [-0.05, 0) is 25.1 Å². The lowest BCUT2D eigenvalue weighted by Gasteiger charge is -2.19. The maximum atomic E-state index is 10.7. The Morgan fingerprint density at radius 2 is 2.15 bits per heavy atom. The summed E-state index contributed by atoms with van der Waals surface area (Å²) in [7, 11) is 1.81. The van der Waals surface area contributed by atoms with Crippen LogP contribution in [-0.2, 0) is 6.54 Å². The molecule has 0 fully saturated rings. The van der Waals surface area contributed by atoms with Crippen molar-refractivity contribution in [2.75, 3.05) is 11.9 Å². The molecule has 0 amide bonds. The number of nitriles is 1. The molecule has 0 aliphatic carbocycles. The van der Waals surface area contributed by atoms with Crippen molar-refractivity contribution < 1.29 is 9.34 Å². The molecule has 1 aromatic carbocycles. The molecule has 2 rings (SSSR count). The normalized spacial score (nSPS) is 10.1. The number of nitro groups is 1. The number of benzene rings is 1. The Balaban J connectivity index is 2.27. The van der Waals surface area contributed by atoms with Gasteiger partial charge in [-0.2, -0.15) is 5.26 Å². The Hall–Kier alpha value is -2.81. The molecule has 1 heterocycles. The molecular formula is C14H13N3O3. The highest BCUT2D eigenvalue weighted by Gasteiger charge is 2.14. The van der Waals surface area contributed by atoms with Gasteiger partial charge in [0, 0.05) is 19.2 Å². The zero-order valence-electron chi connectivity index (χ0n) is 11.2. The Bertz CT molecular complexity index is 685. The maximum absolute atomic E-state index is 10.7. The molecule has 0 N–H and O–H groups in total. The lowest BCUT2D eigenvalue weighted by molar-refractivity contribution is -0.384. The molecule has 0 aliphatic heterocycles. The highest BCUT2D eigenvalue weighted by molar-refractivity contribution is 5.62. The third kappa shape index (κ3) is 2.78. The van der Waals surface area contributed by atoms with Crippen molar-refractivity contribution in [1.29, 1.82) is 5.26 Å². The fourth-order valence-electron chi connectivity index (χ4n) is 1.95. The van der Waals surface area contributed by atoms with E-state index in [4.69, 9.17) is 9.68 Å². The molecule has 2 aromatic rings. The SMILES string of the molecule is Cc1ccc(CN(C)c2ccc([N+](=O)[O-])cc2C#N)o1. The van der Waals surface area contributed by atoms with E-state index < -0.39 is 4.92 Å². The van der Waals surface area contributed by atoms with Gasteiger partial charge in [-0.3, -0.25) is 10.1 Å². The minimum absolute atomic E-state index is 0.0902. The van der Waals surface area contributed by atoms with Crippen LogP contribution in [0, 0.1) is 28.4 Å². The van der Waals surface area contributed by atoms with E-state index >= 15 is 0 Å². The van der Waals surface area contributed by atoms with Gasteiger partial charge in [-0.15, -0.1) is 0 Å². The fraction of sp³-hybridized carbons (Fsp3) is 0.214. The Labute approximate surface area is 116 Å². The predicted molar refractivity (Wildman–Crippen MR) is 73.4 cm³/mol. The van der Waals surface area contributed by atoms with Gasteiger partial charge in [-0.25, -0.2) is 0 Å². The molecule has 0 aliphatic rings. The first-order valence-electron chi connectivity index (χ1n) is 5.96. The molecule has 1 aromatic heterocycles. The van der Waals surface area contributed by atoms with Gasteiger partial charge in [0.1, 0.15) is 17.6 Å². The standard InChI is InChI=1S/C14H13N3O3/c1-10-3-5-13(20-10)9-16(2)14-6-4-12(17(18)19)7-11(14)8-15/h3-7H,9H2,1-2H3. The second-order valence-corrected chi connectivity index (χ2v) is 4.44. The van der Waals surface area contributed by atoms with Crippen LogP contribution in [0.25, 0.3) is 0 Å². The Kier molecular flexibility index (Phi) is 3.71. The van der Waals surface area contributed by atoms with E-state index in [9.17, 15) is 10.1 Å². The highest BCUT2D eigenvalue weighted by atomic mass is 16.6. The second kappa shape index (κ2) is 5.45. The molecule has 0 unspecified atom stereocenters. The summed E-state index contributed by atoms with van der Waals surface area (Å²) >= 11 is 0. The molecule has 0 bridgehead atoms. The first-order chi connectivity index (χ1) is 9.51. The van der Waals surface area contributed by atoms with Gasteiger partial charge in [0.15, 0.2) is 0 Å². The van der Waals surface area contributed by atoms with E-state index in [0.29, 0.717) is 12.2 Å². The van der Waals surface area contributed by atoms with Gasteiger partial charge in [-0.1, -0.05) is 0 Å². The minimum Gasteiger partial charge on any atom is -0.464 e. The number of furan rings is 1. The van der Waals surface area contributed by atoms with Crippen molar-refractivity contribution in [3.63, 3.8) is 0 Å². The summed E-state index contributed by atoms with van der Waals surface area (Å²) in [6.45, 7) is 2.34. The number of hydrogen-bond acceptors (Lipinski definition) is 5. The zero-order chi connectivity index (χ0) is 14.7. The molecule has 0 radical (unpaired) electrons. The van der Waals surface area contributed by atoms with E-state index in [1.807, 2.05) is 30.0 Å². The summed E-state index contributed by atoms with van der Waals surface area (Å²) < 4.78 is 5.48. The van der Waals surface area contributed by atoms with Crippen LogP contribution in [0.1, 0.15) is 17.1 Å². The summed E-state index contributed by atoms with van der Waals surface area (Å²) in [4.78, 5) is 12.0. The predicted octanol–water partition coefficient (Wildman–Crippen LogP) is 3.00. The topological polar surface area (TPSA) is 83.3 Å². The van der Waals surface area contributed by atoms with Crippen LogP contribution in [0.15, 0.2) is 34.7 Å². The summed E-state index contributed by atoms with van der Waals surface area (Å²) in [5, 5.41) is 19.8. The smallest absolute Gasteiger partial charge is 0.270 e. The van der Waals surface area contributed by atoms with Crippen LogP contribution in [0.5, 0.6) is 0 Å². The highest BCUT2D eigenvalue weighted by Crippen LogP contribution is 2.25. The largest absolute Gasteiger partial charge is 0.464 e. The quantitative estimate of drug-likeness (QED) is 0.630. The van der Waals surface area contributed by atoms with Gasteiger partial charge < -0.3 is 9.32 Å². The van der Waals surface area contributed by atoms with Crippen molar-refractivity contribution in [2.24, 2.45) is 0 Å².